The molecule has 0 heterocycles. The van der Waals surface area contributed by atoms with E-state index in [1.165, 1.54) is 5.56 Å². The van der Waals surface area contributed by atoms with E-state index >= 15 is 0 Å². The molecule has 0 spiro atoms. The fourth-order valence-corrected chi connectivity index (χ4v) is 1.44. The van der Waals surface area contributed by atoms with Crippen LogP contribution in [0.5, 0.6) is 0 Å². The summed E-state index contributed by atoms with van der Waals surface area (Å²) >= 11 is 3.46. The molecule has 0 aliphatic carbocycles. The Labute approximate surface area is 87.1 Å². The molecule has 1 aromatic rings. The van der Waals surface area contributed by atoms with E-state index in [-0.39, 0.29) is 12.6 Å². The summed E-state index contributed by atoms with van der Waals surface area (Å²) < 4.78 is 1.09. The van der Waals surface area contributed by atoms with Gasteiger partial charge in [0, 0.05) is 16.2 Å². The molecule has 0 amide bonds. The fraction of sp³-hybridized carbons (Fsp3) is 0.400. The van der Waals surface area contributed by atoms with Gasteiger partial charge in [0.1, 0.15) is 0 Å². The highest BCUT2D eigenvalue weighted by Gasteiger charge is 2.04. The third kappa shape index (κ3) is 2.71. The Morgan fingerprint density at radius 1 is 1.54 bits per heavy atom. The summed E-state index contributed by atoms with van der Waals surface area (Å²) in [7, 11) is 0. The van der Waals surface area contributed by atoms with Gasteiger partial charge >= 0.3 is 0 Å². The SMILES string of the molecule is Cc1c(Br)cccc1NC(C)CO. The van der Waals surface area contributed by atoms with Gasteiger partial charge in [0.2, 0.25) is 0 Å². The first-order valence-corrected chi connectivity index (χ1v) is 5.07. The molecule has 0 bridgehead atoms. The molecule has 0 saturated carbocycles. The minimum Gasteiger partial charge on any atom is -0.394 e. The average Bonchev–Trinajstić information content (AvgIpc) is 2.13. The molecule has 0 aliphatic heterocycles. The molecule has 0 fully saturated rings. The summed E-state index contributed by atoms with van der Waals surface area (Å²) in [6.07, 6.45) is 0. The summed E-state index contributed by atoms with van der Waals surface area (Å²) in [5.74, 6) is 0. The third-order valence-electron chi connectivity index (χ3n) is 1.94. The van der Waals surface area contributed by atoms with Crippen LogP contribution in [0.1, 0.15) is 12.5 Å². The lowest BCUT2D eigenvalue weighted by molar-refractivity contribution is 0.281. The second-order valence-corrected chi connectivity index (χ2v) is 3.99. The molecule has 1 rings (SSSR count). The summed E-state index contributed by atoms with van der Waals surface area (Å²) in [5.41, 5.74) is 2.23. The Bertz CT molecular complexity index is 288. The van der Waals surface area contributed by atoms with Crippen molar-refractivity contribution in [3.05, 3.63) is 28.2 Å². The molecule has 13 heavy (non-hydrogen) atoms. The zero-order valence-corrected chi connectivity index (χ0v) is 9.43. The van der Waals surface area contributed by atoms with Gasteiger partial charge in [-0.05, 0) is 31.5 Å². The lowest BCUT2D eigenvalue weighted by atomic mass is 10.2. The maximum absolute atomic E-state index is 8.88. The second kappa shape index (κ2) is 4.63. The van der Waals surface area contributed by atoms with E-state index in [0.717, 1.165) is 10.2 Å². The van der Waals surface area contributed by atoms with Crippen molar-refractivity contribution in [3.8, 4) is 0 Å². The topological polar surface area (TPSA) is 32.3 Å². The molecule has 0 aliphatic rings. The summed E-state index contributed by atoms with van der Waals surface area (Å²) in [6, 6.07) is 6.08. The summed E-state index contributed by atoms with van der Waals surface area (Å²) in [4.78, 5) is 0. The van der Waals surface area contributed by atoms with Crippen molar-refractivity contribution in [1.29, 1.82) is 0 Å². The number of nitrogens with one attached hydrogen (secondary N) is 1. The Hall–Kier alpha value is -0.540. The summed E-state index contributed by atoms with van der Waals surface area (Å²) in [6.45, 7) is 4.13. The normalized spacial score (nSPS) is 12.6. The quantitative estimate of drug-likeness (QED) is 0.856. The number of hydrogen-bond donors (Lipinski definition) is 2. The molecule has 72 valence electrons. The lowest BCUT2D eigenvalue weighted by Crippen LogP contribution is -2.19. The van der Waals surface area contributed by atoms with Crippen molar-refractivity contribution >= 4 is 21.6 Å². The van der Waals surface area contributed by atoms with Gasteiger partial charge in [-0.15, -0.1) is 0 Å². The van der Waals surface area contributed by atoms with Crippen molar-refractivity contribution in [2.24, 2.45) is 0 Å². The predicted molar refractivity (Wildman–Crippen MR) is 59.0 cm³/mol. The van der Waals surface area contributed by atoms with E-state index in [1.807, 2.05) is 32.0 Å². The first kappa shape index (κ1) is 10.5. The van der Waals surface area contributed by atoms with E-state index in [2.05, 4.69) is 21.2 Å². The molecule has 2 N–H and O–H groups in total. The maximum Gasteiger partial charge on any atom is 0.0630 e. The van der Waals surface area contributed by atoms with Crippen LogP contribution in [0.4, 0.5) is 5.69 Å². The third-order valence-corrected chi connectivity index (χ3v) is 2.80. The Kier molecular flexibility index (Phi) is 3.75. The van der Waals surface area contributed by atoms with Crippen LogP contribution in [-0.2, 0) is 0 Å². The molecular weight excluding hydrogens is 230 g/mol. The van der Waals surface area contributed by atoms with E-state index in [0.29, 0.717) is 0 Å². The number of hydrogen-bond acceptors (Lipinski definition) is 2. The molecular formula is C10H14BrNO. The number of benzene rings is 1. The molecule has 0 saturated heterocycles. The minimum atomic E-state index is 0.0907. The van der Waals surface area contributed by atoms with Crippen molar-refractivity contribution in [3.63, 3.8) is 0 Å². The molecule has 1 atom stereocenters. The van der Waals surface area contributed by atoms with Crippen LogP contribution in [0.15, 0.2) is 22.7 Å². The van der Waals surface area contributed by atoms with Crippen LogP contribution in [0.25, 0.3) is 0 Å². The van der Waals surface area contributed by atoms with Gasteiger partial charge in [-0.2, -0.15) is 0 Å². The van der Waals surface area contributed by atoms with Crippen molar-refractivity contribution in [2.75, 3.05) is 11.9 Å². The monoisotopic (exact) mass is 243 g/mol. The smallest absolute Gasteiger partial charge is 0.0630 e. The van der Waals surface area contributed by atoms with Gasteiger partial charge in [-0.1, -0.05) is 22.0 Å². The molecule has 3 heteroatoms. The van der Waals surface area contributed by atoms with Gasteiger partial charge in [-0.3, -0.25) is 0 Å². The van der Waals surface area contributed by atoms with Crippen LogP contribution in [-0.4, -0.2) is 17.8 Å². The highest BCUT2D eigenvalue weighted by atomic mass is 79.9. The molecule has 2 nitrogen and oxygen atoms in total. The Morgan fingerprint density at radius 3 is 2.85 bits per heavy atom. The highest BCUT2D eigenvalue weighted by Crippen LogP contribution is 2.23. The Morgan fingerprint density at radius 2 is 2.23 bits per heavy atom. The first-order valence-electron chi connectivity index (χ1n) is 4.27. The minimum absolute atomic E-state index is 0.0907. The van der Waals surface area contributed by atoms with Crippen LogP contribution in [0, 0.1) is 6.92 Å². The lowest BCUT2D eigenvalue weighted by Gasteiger charge is -2.15. The van der Waals surface area contributed by atoms with Crippen molar-refractivity contribution in [1.82, 2.24) is 0 Å². The maximum atomic E-state index is 8.88. The first-order chi connectivity index (χ1) is 6.15. The van der Waals surface area contributed by atoms with Gasteiger partial charge in [0.15, 0.2) is 0 Å². The van der Waals surface area contributed by atoms with Crippen LogP contribution >= 0.6 is 15.9 Å². The highest BCUT2D eigenvalue weighted by molar-refractivity contribution is 9.10. The van der Waals surface area contributed by atoms with Gasteiger partial charge in [-0.25, -0.2) is 0 Å². The molecule has 1 unspecified atom stereocenters. The van der Waals surface area contributed by atoms with Crippen molar-refractivity contribution in [2.45, 2.75) is 19.9 Å². The molecule has 0 radical (unpaired) electrons. The second-order valence-electron chi connectivity index (χ2n) is 3.14. The van der Waals surface area contributed by atoms with Crippen LogP contribution in [0.2, 0.25) is 0 Å². The average molecular weight is 244 g/mol. The number of halogens is 1. The van der Waals surface area contributed by atoms with E-state index < -0.39 is 0 Å². The number of aliphatic hydroxyl groups is 1. The largest absolute Gasteiger partial charge is 0.394 e. The van der Waals surface area contributed by atoms with Gasteiger partial charge in [0.05, 0.1) is 6.61 Å². The number of aliphatic hydroxyl groups excluding tert-OH is 1. The molecule has 0 aromatic heterocycles. The standard InChI is InChI=1S/C10H14BrNO/c1-7(6-13)12-10-5-3-4-9(11)8(10)2/h3-5,7,12-13H,6H2,1-2H3. The number of anilines is 1. The zero-order chi connectivity index (χ0) is 9.84. The van der Waals surface area contributed by atoms with E-state index in [1.54, 1.807) is 0 Å². The van der Waals surface area contributed by atoms with E-state index in [4.69, 9.17) is 5.11 Å². The van der Waals surface area contributed by atoms with Gasteiger partial charge in [0.25, 0.3) is 0 Å². The van der Waals surface area contributed by atoms with Crippen LogP contribution in [0.3, 0.4) is 0 Å². The Balaban J connectivity index is 2.83. The zero-order valence-electron chi connectivity index (χ0n) is 7.84. The summed E-state index contributed by atoms with van der Waals surface area (Å²) in [5, 5.41) is 12.1. The van der Waals surface area contributed by atoms with E-state index in [9.17, 15) is 0 Å². The van der Waals surface area contributed by atoms with Crippen LogP contribution < -0.4 is 5.32 Å². The fourth-order valence-electron chi connectivity index (χ4n) is 1.07. The molecule has 1 aromatic carbocycles. The van der Waals surface area contributed by atoms with Gasteiger partial charge < -0.3 is 10.4 Å². The van der Waals surface area contributed by atoms with Crippen molar-refractivity contribution < 1.29 is 5.11 Å². The predicted octanol–water partition coefficient (Wildman–Crippen LogP) is 2.55. The number of rotatable bonds is 3.